The lowest BCUT2D eigenvalue weighted by molar-refractivity contribution is 0.399. The first-order valence-corrected chi connectivity index (χ1v) is 14.9. The van der Waals surface area contributed by atoms with Gasteiger partial charge in [0.05, 0.1) is 19.8 Å². The average molecular weight is 516 g/mol. The standard InChI is InChI=1S/C26H28ClF2N3O2Si/c1-26(2,3)35(4,5)14-23(15-6-9-19(28)20(29)10-15)32-24(33)22(31-25(32)34)11-16-13-30-21-12-17(27)7-8-18(16)21/h6-13,23,33H,14H2,1-5H3,(H,31,34)/b16-11+. The van der Waals surface area contributed by atoms with E-state index in [0.29, 0.717) is 27.9 Å². The van der Waals surface area contributed by atoms with Crippen molar-refractivity contribution in [2.75, 3.05) is 0 Å². The minimum absolute atomic E-state index is 0.0323. The summed E-state index contributed by atoms with van der Waals surface area (Å²) in [4.78, 5) is 20.2. The zero-order valence-electron chi connectivity index (χ0n) is 20.3. The van der Waals surface area contributed by atoms with E-state index in [4.69, 9.17) is 11.6 Å². The summed E-state index contributed by atoms with van der Waals surface area (Å²) in [6, 6.07) is 8.79. The maximum Gasteiger partial charge on any atom is 0.329 e. The van der Waals surface area contributed by atoms with Gasteiger partial charge in [-0.3, -0.25) is 9.56 Å². The van der Waals surface area contributed by atoms with Crippen LogP contribution in [0.3, 0.4) is 0 Å². The van der Waals surface area contributed by atoms with Crippen molar-refractivity contribution in [3.8, 4) is 5.88 Å². The van der Waals surface area contributed by atoms with Crippen LogP contribution in [0.4, 0.5) is 14.5 Å². The number of halogens is 3. The van der Waals surface area contributed by atoms with Crippen molar-refractivity contribution >= 4 is 43.2 Å². The second-order valence-electron chi connectivity index (χ2n) is 10.6. The quantitative estimate of drug-likeness (QED) is 0.354. The van der Waals surface area contributed by atoms with Gasteiger partial charge >= 0.3 is 5.69 Å². The van der Waals surface area contributed by atoms with E-state index in [-0.39, 0.29) is 16.6 Å². The van der Waals surface area contributed by atoms with Crippen molar-refractivity contribution in [1.29, 1.82) is 0 Å². The first kappa shape index (κ1) is 25.1. The average Bonchev–Trinajstić information content (AvgIpc) is 3.27. The summed E-state index contributed by atoms with van der Waals surface area (Å²) < 4.78 is 29.2. The van der Waals surface area contributed by atoms with E-state index < -0.39 is 31.4 Å². The van der Waals surface area contributed by atoms with Crippen LogP contribution in [0.15, 0.2) is 46.2 Å². The van der Waals surface area contributed by atoms with Crippen LogP contribution in [0.1, 0.15) is 43.6 Å². The first-order chi connectivity index (χ1) is 16.3. The molecule has 0 bridgehead atoms. The van der Waals surface area contributed by atoms with Crippen molar-refractivity contribution in [3.05, 3.63) is 80.4 Å². The van der Waals surface area contributed by atoms with Gasteiger partial charge in [-0.15, -0.1) is 0 Å². The van der Waals surface area contributed by atoms with Crippen molar-refractivity contribution in [1.82, 2.24) is 9.55 Å². The number of rotatable bonds is 5. The van der Waals surface area contributed by atoms with Crippen LogP contribution >= 0.6 is 11.6 Å². The summed E-state index contributed by atoms with van der Waals surface area (Å²) in [5.74, 6) is -2.23. The molecule has 184 valence electrons. The summed E-state index contributed by atoms with van der Waals surface area (Å²) >= 11 is 6.05. The van der Waals surface area contributed by atoms with Crippen molar-refractivity contribution in [2.45, 2.75) is 51.0 Å². The molecule has 0 saturated carbocycles. The third-order valence-corrected chi connectivity index (χ3v) is 12.9. The number of allylic oxidation sites excluding steroid dienone is 1. The van der Waals surface area contributed by atoms with Crippen molar-refractivity contribution in [2.24, 2.45) is 4.99 Å². The van der Waals surface area contributed by atoms with E-state index in [1.807, 2.05) is 6.07 Å². The van der Waals surface area contributed by atoms with Gasteiger partial charge < -0.3 is 10.1 Å². The second kappa shape index (κ2) is 8.91. The Morgan fingerprint density at radius 2 is 1.89 bits per heavy atom. The van der Waals surface area contributed by atoms with Crippen LogP contribution in [0.2, 0.25) is 29.2 Å². The number of fused-ring (bicyclic) bond motifs is 1. The van der Waals surface area contributed by atoms with E-state index in [1.165, 1.54) is 10.6 Å². The van der Waals surface area contributed by atoms with Crippen LogP contribution in [-0.4, -0.2) is 28.9 Å². The Morgan fingerprint density at radius 1 is 1.17 bits per heavy atom. The molecule has 0 aliphatic carbocycles. The lowest BCUT2D eigenvalue weighted by Crippen LogP contribution is -2.40. The molecule has 0 amide bonds. The highest BCUT2D eigenvalue weighted by Gasteiger charge is 2.39. The fourth-order valence-corrected chi connectivity index (χ4v) is 6.21. The number of imidazole rings is 1. The topological polar surface area (TPSA) is 70.4 Å². The van der Waals surface area contributed by atoms with Gasteiger partial charge in [-0.1, -0.05) is 57.6 Å². The van der Waals surface area contributed by atoms with E-state index in [0.717, 1.165) is 17.7 Å². The van der Waals surface area contributed by atoms with E-state index >= 15 is 0 Å². The van der Waals surface area contributed by atoms with Crippen LogP contribution in [0.25, 0.3) is 11.6 Å². The van der Waals surface area contributed by atoms with Crippen LogP contribution in [0, 0.1) is 11.6 Å². The molecule has 4 rings (SSSR count). The molecule has 2 heterocycles. The predicted octanol–water partition coefficient (Wildman–Crippen LogP) is 7.17. The molecule has 1 aliphatic heterocycles. The van der Waals surface area contributed by atoms with Crippen molar-refractivity contribution < 1.29 is 13.9 Å². The molecule has 9 heteroatoms. The van der Waals surface area contributed by atoms with Gasteiger partial charge in [-0.2, -0.15) is 0 Å². The highest BCUT2D eigenvalue weighted by molar-refractivity contribution is 6.80. The zero-order valence-corrected chi connectivity index (χ0v) is 22.0. The van der Waals surface area contributed by atoms with Crippen LogP contribution < -0.4 is 5.69 Å². The maximum atomic E-state index is 14.2. The highest BCUT2D eigenvalue weighted by atomic mass is 35.5. The van der Waals surface area contributed by atoms with Crippen LogP contribution in [0.5, 0.6) is 5.88 Å². The smallest absolute Gasteiger partial charge is 0.329 e. The highest BCUT2D eigenvalue weighted by Crippen LogP contribution is 2.44. The fraction of sp³-hybridized carbons (Fsp3) is 0.308. The molecule has 5 nitrogen and oxygen atoms in total. The third kappa shape index (κ3) is 4.77. The van der Waals surface area contributed by atoms with Gasteiger partial charge in [0, 0.05) is 22.4 Å². The van der Waals surface area contributed by atoms with Gasteiger partial charge in [0.15, 0.2) is 11.6 Å². The Labute approximate surface area is 208 Å². The number of H-pyrrole nitrogens is 1. The number of benzene rings is 2. The number of nitrogens with zero attached hydrogens (tertiary/aromatic N) is 2. The zero-order chi connectivity index (χ0) is 25.7. The molecule has 2 N–H and O–H groups in total. The number of aliphatic imine (C=N–C) groups is 1. The van der Waals surface area contributed by atoms with Gasteiger partial charge in [0.2, 0.25) is 5.88 Å². The molecule has 2 aromatic carbocycles. The Balaban J connectivity index is 1.83. The Hall–Kier alpha value is -2.97. The molecule has 0 saturated heterocycles. The molecule has 35 heavy (non-hydrogen) atoms. The lowest BCUT2D eigenvalue weighted by atomic mass is 10.1. The first-order valence-electron chi connectivity index (χ1n) is 11.3. The number of aromatic hydroxyl groups is 1. The number of hydrogen-bond acceptors (Lipinski definition) is 3. The SMILES string of the molecule is CC(C)(C)[Si](C)(C)CC(c1ccc(F)c(F)c1)n1c(O)c(/C=C2\C=Nc3cc(Cl)ccc32)[nH]c1=O. The Morgan fingerprint density at radius 3 is 2.54 bits per heavy atom. The number of hydrogen-bond donors (Lipinski definition) is 2. The molecule has 1 aliphatic rings. The third-order valence-electron chi connectivity index (χ3n) is 7.22. The predicted molar refractivity (Wildman–Crippen MR) is 141 cm³/mol. The van der Waals surface area contributed by atoms with E-state index in [2.05, 4.69) is 43.8 Å². The monoisotopic (exact) mass is 515 g/mol. The van der Waals surface area contributed by atoms with Gasteiger partial charge in [-0.25, -0.2) is 13.6 Å². The van der Waals surface area contributed by atoms with E-state index in [1.54, 1.807) is 24.4 Å². The molecule has 3 aromatic rings. The lowest BCUT2D eigenvalue weighted by Gasteiger charge is -2.39. The fourth-order valence-electron chi connectivity index (χ4n) is 4.05. The summed E-state index contributed by atoms with van der Waals surface area (Å²) in [6.45, 7) is 10.8. The maximum absolute atomic E-state index is 14.2. The van der Waals surface area contributed by atoms with Gasteiger partial charge in [0.25, 0.3) is 0 Å². The van der Waals surface area contributed by atoms with Crippen molar-refractivity contribution in [3.63, 3.8) is 0 Å². The van der Waals surface area contributed by atoms with Crippen LogP contribution in [-0.2, 0) is 0 Å². The molecule has 0 fully saturated rings. The summed E-state index contributed by atoms with van der Waals surface area (Å²) in [6.07, 6.45) is 3.28. The summed E-state index contributed by atoms with van der Waals surface area (Å²) in [7, 11) is -2.04. The number of aromatic amines is 1. The number of aromatic nitrogens is 2. The Kier molecular flexibility index (Phi) is 6.40. The molecule has 1 atom stereocenters. The minimum atomic E-state index is -2.04. The number of nitrogens with one attached hydrogen (secondary N) is 1. The molecular weight excluding hydrogens is 488 g/mol. The summed E-state index contributed by atoms with van der Waals surface area (Å²) in [5, 5.41) is 11.7. The van der Waals surface area contributed by atoms with Gasteiger partial charge in [0.1, 0.15) is 5.69 Å². The minimum Gasteiger partial charge on any atom is -0.493 e. The largest absolute Gasteiger partial charge is 0.493 e. The Bertz CT molecular complexity index is 1420. The molecular formula is C26H28ClF2N3O2Si. The summed E-state index contributed by atoms with van der Waals surface area (Å²) in [5.41, 5.74) is 2.32. The molecule has 1 unspecified atom stereocenters. The normalized spacial score (nSPS) is 15.6. The molecule has 0 spiro atoms. The molecule has 0 radical (unpaired) electrons. The molecule has 1 aromatic heterocycles. The second-order valence-corrected chi connectivity index (χ2v) is 16.7. The van der Waals surface area contributed by atoms with Gasteiger partial charge in [-0.05, 0) is 47.0 Å². The van der Waals surface area contributed by atoms with E-state index in [9.17, 15) is 18.7 Å².